The summed E-state index contributed by atoms with van der Waals surface area (Å²) in [5.41, 5.74) is 1.40. The van der Waals surface area contributed by atoms with Crippen LogP contribution in [0.2, 0.25) is 0 Å². The van der Waals surface area contributed by atoms with Crippen molar-refractivity contribution >= 4 is 0 Å². The molecular formula is C16H23N5. The van der Waals surface area contributed by atoms with Gasteiger partial charge in [0.2, 0.25) is 0 Å². The van der Waals surface area contributed by atoms with Gasteiger partial charge in [-0.1, -0.05) is 30.3 Å². The van der Waals surface area contributed by atoms with Crippen molar-refractivity contribution in [2.45, 2.75) is 32.0 Å². The molecule has 5 heteroatoms. The van der Waals surface area contributed by atoms with Gasteiger partial charge < -0.3 is 5.32 Å². The first-order chi connectivity index (χ1) is 10.3. The van der Waals surface area contributed by atoms with Gasteiger partial charge in [-0.3, -0.25) is 9.58 Å². The van der Waals surface area contributed by atoms with Crippen molar-refractivity contribution < 1.29 is 0 Å². The van der Waals surface area contributed by atoms with E-state index in [9.17, 15) is 0 Å². The summed E-state index contributed by atoms with van der Waals surface area (Å²) in [5, 5.41) is 7.87. The maximum atomic E-state index is 4.30. The molecule has 3 rings (SSSR count). The fourth-order valence-corrected chi connectivity index (χ4v) is 2.84. The number of benzene rings is 1. The van der Waals surface area contributed by atoms with Gasteiger partial charge in [-0.2, -0.15) is 5.10 Å². The Kier molecular flexibility index (Phi) is 4.62. The van der Waals surface area contributed by atoms with E-state index < -0.39 is 0 Å². The summed E-state index contributed by atoms with van der Waals surface area (Å²) < 4.78 is 1.75. The third kappa shape index (κ3) is 4.12. The Hall–Kier alpha value is -1.72. The lowest BCUT2D eigenvalue weighted by molar-refractivity contribution is 0.189. The summed E-state index contributed by atoms with van der Waals surface area (Å²) in [6.45, 7) is 4.14. The van der Waals surface area contributed by atoms with E-state index >= 15 is 0 Å². The van der Waals surface area contributed by atoms with Gasteiger partial charge in [0.15, 0.2) is 5.82 Å². The second-order valence-corrected chi connectivity index (χ2v) is 5.75. The number of likely N-dealkylation sites (tertiary alicyclic amines) is 1. The van der Waals surface area contributed by atoms with Crippen LogP contribution in [-0.2, 0) is 20.1 Å². The van der Waals surface area contributed by atoms with E-state index in [1.54, 1.807) is 11.0 Å². The van der Waals surface area contributed by atoms with E-state index in [2.05, 4.69) is 50.6 Å². The van der Waals surface area contributed by atoms with Crippen LogP contribution in [0.15, 0.2) is 36.7 Å². The molecule has 1 saturated heterocycles. The molecule has 5 nitrogen and oxygen atoms in total. The zero-order valence-electron chi connectivity index (χ0n) is 12.6. The van der Waals surface area contributed by atoms with Crippen LogP contribution < -0.4 is 5.32 Å². The number of aromatic nitrogens is 3. The van der Waals surface area contributed by atoms with Crippen molar-refractivity contribution in [1.29, 1.82) is 0 Å². The van der Waals surface area contributed by atoms with Crippen LogP contribution >= 0.6 is 0 Å². The molecule has 1 fully saturated rings. The minimum atomic E-state index is 0.584. The van der Waals surface area contributed by atoms with Crippen LogP contribution in [0.1, 0.15) is 24.2 Å². The van der Waals surface area contributed by atoms with Gasteiger partial charge in [-0.15, -0.1) is 0 Å². The van der Waals surface area contributed by atoms with Crippen molar-refractivity contribution in [3.63, 3.8) is 0 Å². The summed E-state index contributed by atoms with van der Waals surface area (Å²) in [6.07, 6.45) is 4.14. The molecule has 0 amide bonds. The third-order valence-electron chi connectivity index (χ3n) is 4.03. The van der Waals surface area contributed by atoms with Crippen LogP contribution in [0.25, 0.3) is 0 Å². The smallest absolute Gasteiger partial charge is 0.164 e. The average Bonchev–Trinajstić information content (AvgIpc) is 2.93. The molecule has 112 valence electrons. The molecule has 0 bridgehead atoms. The van der Waals surface area contributed by atoms with E-state index in [-0.39, 0.29) is 0 Å². The summed E-state index contributed by atoms with van der Waals surface area (Å²) in [5.74, 6) is 0.879. The second-order valence-electron chi connectivity index (χ2n) is 5.75. The summed E-state index contributed by atoms with van der Waals surface area (Å²) in [4.78, 5) is 6.78. The first-order valence-electron chi connectivity index (χ1n) is 7.64. The van der Waals surface area contributed by atoms with Gasteiger partial charge >= 0.3 is 0 Å². The van der Waals surface area contributed by atoms with E-state index in [1.807, 2.05) is 7.05 Å². The zero-order valence-corrected chi connectivity index (χ0v) is 12.6. The molecule has 0 spiro atoms. The van der Waals surface area contributed by atoms with Crippen molar-refractivity contribution in [1.82, 2.24) is 25.0 Å². The molecule has 2 aromatic rings. The zero-order chi connectivity index (χ0) is 14.5. The second kappa shape index (κ2) is 6.83. The molecular weight excluding hydrogens is 262 g/mol. The van der Waals surface area contributed by atoms with Crippen LogP contribution in [0.4, 0.5) is 0 Å². The summed E-state index contributed by atoms with van der Waals surface area (Å²) in [7, 11) is 1.90. The molecule has 0 radical (unpaired) electrons. The molecule has 1 aliphatic heterocycles. The molecule has 0 saturated carbocycles. The highest BCUT2D eigenvalue weighted by molar-refractivity contribution is 5.14. The van der Waals surface area contributed by atoms with Crippen molar-refractivity contribution in [3.8, 4) is 0 Å². The number of hydrogen-bond donors (Lipinski definition) is 1. The van der Waals surface area contributed by atoms with Gasteiger partial charge in [0, 0.05) is 19.6 Å². The minimum Gasteiger partial charge on any atom is -0.307 e. The van der Waals surface area contributed by atoms with E-state index in [4.69, 9.17) is 0 Å². The monoisotopic (exact) mass is 285 g/mol. The maximum Gasteiger partial charge on any atom is 0.164 e. The van der Waals surface area contributed by atoms with Gasteiger partial charge in [0.25, 0.3) is 0 Å². The number of nitrogens with one attached hydrogen (secondary N) is 1. The Morgan fingerprint density at radius 1 is 1.19 bits per heavy atom. The number of aryl methyl sites for hydroxylation is 1. The minimum absolute atomic E-state index is 0.584. The standard InChI is InChI=1S/C16H23N5/c1-20-13-18-16(19-20)11-17-15-7-9-21(10-8-15)12-14-5-3-2-4-6-14/h2-6,13,15,17H,7-12H2,1H3. The van der Waals surface area contributed by atoms with Crippen molar-refractivity contribution in [2.24, 2.45) is 7.05 Å². The lowest BCUT2D eigenvalue weighted by Crippen LogP contribution is -2.42. The normalized spacial score (nSPS) is 17.2. The summed E-state index contributed by atoms with van der Waals surface area (Å²) >= 11 is 0. The average molecular weight is 285 g/mol. The topological polar surface area (TPSA) is 46.0 Å². The quantitative estimate of drug-likeness (QED) is 0.906. The summed E-state index contributed by atoms with van der Waals surface area (Å²) in [6, 6.07) is 11.3. The highest BCUT2D eigenvalue weighted by Crippen LogP contribution is 2.14. The van der Waals surface area contributed by atoms with Crippen LogP contribution in [0, 0.1) is 0 Å². The van der Waals surface area contributed by atoms with Gasteiger partial charge in [0.1, 0.15) is 6.33 Å². The Balaban J connectivity index is 1.40. The Morgan fingerprint density at radius 3 is 2.62 bits per heavy atom. The number of nitrogens with zero attached hydrogens (tertiary/aromatic N) is 4. The fraction of sp³-hybridized carbons (Fsp3) is 0.500. The Morgan fingerprint density at radius 2 is 1.95 bits per heavy atom. The SMILES string of the molecule is Cn1cnc(CNC2CCN(Cc3ccccc3)CC2)n1. The highest BCUT2D eigenvalue weighted by atomic mass is 15.3. The predicted octanol–water partition coefficient (Wildman–Crippen LogP) is 1.57. The van der Waals surface area contributed by atoms with Gasteiger partial charge in [-0.05, 0) is 31.5 Å². The molecule has 21 heavy (non-hydrogen) atoms. The largest absolute Gasteiger partial charge is 0.307 e. The molecule has 1 aromatic heterocycles. The molecule has 2 heterocycles. The molecule has 1 aromatic carbocycles. The van der Waals surface area contributed by atoms with Gasteiger partial charge in [-0.25, -0.2) is 4.98 Å². The first-order valence-corrected chi connectivity index (χ1v) is 7.64. The van der Waals surface area contributed by atoms with Crippen LogP contribution in [0.3, 0.4) is 0 Å². The number of rotatable bonds is 5. The van der Waals surface area contributed by atoms with Crippen molar-refractivity contribution in [3.05, 3.63) is 48.0 Å². The number of piperidine rings is 1. The van der Waals surface area contributed by atoms with Crippen LogP contribution in [0.5, 0.6) is 0 Å². The lowest BCUT2D eigenvalue weighted by Gasteiger charge is -2.32. The lowest BCUT2D eigenvalue weighted by atomic mass is 10.0. The van der Waals surface area contributed by atoms with Gasteiger partial charge in [0.05, 0.1) is 6.54 Å². The number of hydrogen-bond acceptors (Lipinski definition) is 4. The molecule has 1 N–H and O–H groups in total. The van der Waals surface area contributed by atoms with Crippen LogP contribution in [-0.4, -0.2) is 38.8 Å². The Labute approximate surface area is 126 Å². The predicted molar refractivity (Wildman–Crippen MR) is 82.6 cm³/mol. The molecule has 0 aliphatic carbocycles. The Bertz CT molecular complexity index is 543. The van der Waals surface area contributed by atoms with Crippen molar-refractivity contribution in [2.75, 3.05) is 13.1 Å². The fourth-order valence-electron chi connectivity index (χ4n) is 2.84. The van der Waals surface area contributed by atoms with E-state index in [1.165, 1.54) is 18.4 Å². The first kappa shape index (κ1) is 14.2. The third-order valence-corrected chi connectivity index (χ3v) is 4.03. The molecule has 0 unspecified atom stereocenters. The van der Waals surface area contributed by atoms with E-state index in [0.717, 1.165) is 32.0 Å². The highest BCUT2D eigenvalue weighted by Gasteiger charge is 2.19. The maximum absolute atomic E-state index is 4.30. The molecule has 0 atom stereocenters. The molecule has 1 aliphatic rings. The van der Waals surface area contributed by atoms with E-state index in [0.29, 0.717) is 6.04 Å².